The first-order valence-electron chi connectivity index (χ1n) is 11.4. The summed E-state index contributed by atoms with van der Waals surface area (Å²) in [6, 6.07) is 16.5. The fourth-order valence-corrected chi connectivity index (χ4v) is 4.54. The van der Waals surface area contributed by atoms with Crippen molar-refractivity contribution in [1.82, 2.24) is 24.8 Å². The fourth-order valence-electron chi connectivity index (χ4n) is 4.42. The highest BCUT2D eigenvalue weighted by Gasteiger charge is 2.35. The van der Waals surface area contributed by atoms with Crippen molar-refractivity contribution in [3.05, 3.63) is 82.5 Å². The van der Waals surface area contributed by atoms with Gasteiger partial charge in [-0.2, -0.15) is 0 Å². The van der Waals surface area contributed by atoms with E-state index in [0.29, 0.717) is 46.9 Å². The number of aliphatic hydroxyl groups is 1. The van der Waals surface area contributed by atoms with E-state index in [4.69, 9.17) is 16.1 Å². The van der Waals surface area contributed by atoms with Gasteiger partial charge in [-0.05, 0) is 37.5 Å². The van der Waals surface area contributed by atoms with Crippen molar-refractivity contribution in [2.45, 2.75) is 39.0 Å². The Bertz CT molecular complexity index is 1320. The second-order valence-corrected chi connectivity index (χ2v) is 8.90. The van der Waals surface area contributed by atoms with Crippen LogP contribution in [0.3, 0.4) is 0 Å². The Kier molecular flexibility index (Phi) is 6.52. The monoisotopic (exact) mass is 492 g/mol. The number of nitrogens with one attached hydrogen (secondary N) is 1. The number of aliphatic hydroxyl groups excluding tert-OH is 1. The number of aromatic nitrogens is 4. The molecular weight excluding hydrogens is 468 g/mol. The lowest BCUT2D eigenvalue weighted by atomic mass is 10.1. The van der Waals surface area contributed by atoms with Gasteiger partial charge in [0.05, 0.1) is 12.6 Å². The zero-order valence-electron chi connectivity index (χ0n) is 19.2. The maximum absolute atomic E-state index is 13.4. The van der Waals surface area contributed by atoms with E-state index in [-0.39, 0.29) is 18.7 Å². The van der Waals surface area contributed by atoms with Gasteiger partial charge in [-0.3, -0.25) is 0 Å². The maximum Gasteiger partial charge on any atom is 0.322 e. The summed E-state index contributed by atoms with van der Waals surface area (Å²) in [6.45, 7) is 2.58. The van der Waals surface area contributed by atoms with Gasteiger partial charge in [0.15, 0.2) is 17.4 Å². The second-order valence-electron chi connectivity index (χ2n) is 8.46. The predicted molar refractivity (Wildman–Crippen MR) is 131 cm³/mol. The fraction of sp³-hybridized carbons (Fsp3) is 0.280. The van der Waals surface area contributed by atoms with E-state index >= 15 is 0 Å². The Balaban J connectivity index is 1.41. The Morgan fingerprint density at radius 2 is 1.94 bits per heavy atom. The zero-order chi connectivity index (χ0) is 24.4. The average molecular weight is 493 g/mol. The van der Waals surface area contributed by atoms with E-state index in [0.717, 1.165) is 24.0 Å². The lowest BCUT2D eigenvalue weighted by molar-refractivity contribution is 0.203. The van der Waals surface area contributed by atoms with E-state index in [2.05, 4.69) is 20.7 Å². The topological polar surface area (TPSA) is 109 Å². The van der Waals surface area contributed by atoms with Crippen LogP contribution in [0.15, 0.2) is 59.1 Å². The Morgan fingerprint density at radius 3 is 2.69 bits per heavy atom. The molecular formula is C25H25ClN6O3. The van der Waals surface area contributed by atoms with Crippen LogP contribution in [-0.2, 0) is 13.2 Å². The highest BCUT2D eigenvalue weighted by atomic mass is 35.5. The highest BCUT2D eigenvalue weighted by molar-refractivity contribution is 6.30. The van der Waals surface area contributed by atoms with Gasteiger partial charge >= 0.3 is 6.03 Å². The summed E-state index contributed by atoms with van der Waals surface area (Å²) in [6.07, 6.45) is 1.57. The molecule has 2 N–H and O–H groups in total. The third kappa shape index (κ3) is 4.65. The maximum atomic E-state index is 13.4. The molecule has 1 atom stereocenters. The van der Waals surface area contributed by atoms with Crippen LogP contribution in [0.2, 0.25) is 5.02 Å². The molecule has 5 rings (SSSR count). The molecule has 9 nitrogen and oxygen atoms in total. The summed E-state index contributed by atoms with van der Waals surface area (Å²) in [4.78, 5) is 15.2. The van der Waals surface area contributed by atoms with E-state index < -0.39 is 0 Å². The number of nitrogens with zero attached hydrogens (tertiary/aromatic N) is 5. The summed E-state index contributed by atoms with van der Waals surface area (Å²) in [5.74, 6) is 1.60. The number of carbonyl (C=O) groups is 1. The molecule has 0 unspecified atom stereocenters. The molecule has 1 aliphatic rings. The normalized spacial score (nSPS) is 15.5. The van der Waals surface area contributed by atoms with E-state index in [9.17, 15) is 9.90 Å². The van der Waals surface area contributed by atoms with Gasteiger partial charge in [0.2, 0.25) is 0 Å². The van der Waals surface area contributed by atoms with Gasteiger partial charge in [-0.25, -0.2) is 4.79 Å². The van der Waals surface area contributed by atoms with Gasteiger partial charge in [-0.1, -0.05) is 59.2 Å². The van der Waals surface area contributed by atoms with Gasteiger partial charge in [0, 0.05) is 17.1 Å². The molecule has 0 spiro atoms. The minimum absolute atomic E-state index is 0.250. The number of urea groups is 1. The van der Waals surface area contributed by atoms with Gasteiger partial charge in [-0.15, -0.1) is 10.2 Å². The van der Waals surface area contributed by atoms with Crippen LogP contribution in [0.25, 0.3) is 11.3 Å². The van der Waals surface area contributed by atoms with Crippen molar-refractivity contribution < 1.29 is 14.4 Å². The number of benzene rings is 2. The predicted octanol–water partition coefficient (Wildman–Crippen LogP) is 4.80. The number of likely N-dealkylation sites (tertiary alicyclic amines) is 1. The SMILES string of the molecule is Cc1noc(-c2ccccc2)c1NC(=O)N1CCC[C@@H]1c1nnc(CO)n1Cc1ccc(Cl)cc1. The van der Waals surface area contributed by atoms with Crippen LogP contribution < -0.4 is 5.32 Å². The molecule has 3 heterocycles. The molecule has 2 aromatic carbocycles. The van der Waals surface area contributed by atoms with E-state index in [1.807, 2.05) is 59.2 Å². The highest BCUT2D eigenvalue weighted by Crippen LogP contribution is 2.35. The Morgan fingerprint density at radius 1 is 1.17 bits per heavy atom. The first-order chi connectivity index (χ1) is 17.0. The summed E-state index contributed by atoms with van der Waals surface area (Å²) >= 11 is 6.03. The quantitative estimate of drug-likeness (QED) is 0.400. The van der Waals surface area contributed by atoms with Gasteiger partial charge in [0.1, 0.15) is 18.0 Å². The Labute approximate surface area is 207 Å². The minimum atomic E-state index is -0.282. The molecule has 35 heavy (non-hydrogen) atoms. The third-order valence-corrected chi connectivity index (χ3v) is 6.45. The van der Waals surface area contributed by atoms with Crippen LogP contribution in [0.4, 0.5) is 10.5 Å². The number of halogens is 1. The summed E-state index contributed by atoms with van der Waals surface area (Å²) < 4.78 is 7.40. The van der Waals surface area contributed by atoms with Crippen molar-refractivity contribution in [3.63, 3.8) is 0 Å². The first kappa shape index (κ1) is 23.1. The van der Waals surface area contributed by atoms with Crippen molar-refractivity contribution in [2.75, 3.05) is 11.9 Å². The van der Waals surface area contributed by atoms with Crippen LogP contribution in [0.5, 0.6) is 0 Å². The molecule has 1 saturated heterocycles. The number of rotatable bonds is 6. The molecule has 10 heteroatoms. The number of hydrogen-bond acceptors (Lipinski definition) is 6. The summed E-state index contributed by atoms with van der Waals surface area (Å²) in [5.41, 5.74) is 2.97. The standard InChI is InChI=1S/C25H25ClN6O3/c1-16-22(23(35-30-16)18-6-3-2-4-7-18)27-25(34)31-13-5-8-20(31)24-29-28-21(15-33)32(24)14-17-9-11-19(26)12-10-17/h2-4,6-7,9-12,20,33H,5,8,13-15H2,1H3,(H,27,34)/t20-/m1/s1. The van der Waals surface area contributed by atoms with Crippen LogP contribution in [-0.4, -0.2) is 42.5 Å². The third-order valence-electron chi connectivity index (χ3n) is 6.19. The van der Waals surface area contributed by atoms with E-state index in [1.165, 1.54) is 0 Å². The molecule has 1 fully saturated rings. The van der Waals surface area contributed by atoms with Crippen LogP contribution >= 0.6 is 11.6 Å². The molecule has 2 amide bonds. The number of carbonyl (C=O) groups excluding carboxylic acids is 1. The number of amides is 2. The lowest BCUT2D eigenvalue weighted by Gasteiger charge is -2.25. The van der Waals surface area contributed by atoms with Crippen LogP contribution in [0, 0.1) is 6.92 Å². The first-order valence-corrected chi connectivity index (χ1v) is 11.8. The van der Waals surface area contributed by atoms with Crippen LogP contribution in [0.1, 0.15) is 41.8 Å². The minimum Gasteiger partial charge on any atom is -0.388 e. The van der Waals surface area contributed by atoms with Crippen molar-refractivity contribution >= 4 is 23.3 Å². The van der Waals surface area contributed by atoms with Gasteiger partial charge in [0.25, 0.3) is 0 Å². The molecule has 1 aliphatic heterocycles. The summed E-state index contributed by atoms with van der Waals surface area (Å²) in [5, 5.41) is 26.1. The smallest absolute Gasteiger partial charge is 0.322 e. The Hall–Kier alpha value is -3.69. The number of anilines is 1. The largest absolute Gasteiger partial charge is 0.388 e. The molecule has 0 radical (unpaired) electrons. The van der Waals surface area contributed by atoms with E-state index in [1.54, 1.807) is 11.8 Å². The molecule has 2 aromatic heterocycles. The second kappa shape index (κ2) is 9.89. The van der Waals surface area contributed by atoms with Gasteiger partial charge < -0.3 is 24.4 Å². The molecule has 0 aliphatic carbocycles. The van der Waals surface area contributed by atoms with Crippen molar-refractivity contribution in [1.29, 1.82) is 0 Å². The average Bonchev–Trinajstić information content (AvgIpc) is 3.60. The van der Waals surface area contributed by atoms with Crippen molar-refractivity contribution in [2.24, 2.45) is 0 Å². The number of hydrogen-bond donors (Lipinski definition) is 2. The molecule has 180 valence electrons. The zero-order valence-corrected chi connectivity index (χ0v) is 19.9. The summed E-state index contributed by atoms with van der Waals surface area (Å²) in [7, 11) is 0. The molecule has 0 bridgehead atoms. The molecule has 0 saturated carbocycles. The lowest BCUT2D eigenvalue weighted by Crippen LogP contribution is -2.36. The number of aryl methyl sites for hydroxylation is 1. The van der Waals surface area contributed by atoms with Crippen molar-refractivity contribution in [3.8, 4) is 11.3 Å². The molecule has 4 aromatic rings.